The number of rotatable bonds is 6. The average molecular weight is 276 g/mol. The molecule has 5 nitrogen and oxygen atoms in total. The first-order chi connectivity index (χ1) is 9.49. The summed E-state index contributed by atoms with van der Waals surface area (Å²) in [6.45, 7) is 7.33. The minimum Gasteiger partial charge on any atom is -0.389 e. The maximum atomic E-state index is 10.2. The Balaban J connectivity index is 2.05. The highest BCUT2D eigenvalue weighted by atomic mass is 16.3. The van der Waals surface area contributed by atoms with Crippen LogP contribution < -0.4 is 5.32 Å². The number of hydrogen-bond donors (Lipinski definition) is 2. The van der Waals surface area contributed by atoms with Crippen molar-refractivity contribution in [3.05, 3.63) is 23.5 Å². The molecule has 0 bridgehead atoms. The average Bonchev–Trinajstić information content (AvgIpc) is 2.73. The molecule has 0 saturated carbocycles. The summed E-state index contributed by atoms with van der Waals surface area (Å²) in [4.78, 5) is 4.45. The molecule has 0 unspecified atom stereocenters. The zero-order valence-corrected chi connectivity index (χ0v) is 12.8. The molecule has 2 aromatic heterocycles. The van der Waals surface area contributed by atoms with Gasteiger partial charge in [0.15, 0.2) is 5.65 Å². The molecule has 0 saturated heterocycles. The van der Waals surface area contributed by atoms with Crippen LogP contribution in [0.2, 0.25) is 0 Å². The lowest BCUT2D eigenvalue weighted by Gasteiger charge is -2.25. The van der Waals surface area contributed by atoms with Crippen LogP contribution in [0.3, 0.4) is 0 Å². The molecule has 0 aromatic carbocycles. The van der Waals surface area contributed by atoms with E-state index in [4.69, 9.17) is 0 Å². The molecule has 0 fully saturated rings. The fourth-order valence-electron chi connectivity index (χ4n) is 2.39. The fourth-order valence-corrected chi connectivity index (χ4v) is 2.39. The molecule has 2 aromatic rings. The molecule has 2 heterocycles. The van der Waals surface area contributed by atoms with Gasteiger partial charge in [-0.05, 0) is 31.4 Å². The zero-order valence-electron chi connectivity index (χ0n) is 12.8. The first-order valence-electron chi connectivity index (χ1n) is 7.20. The Morgan fingerprint density at radius 3 is 2.70 bits per heavy atom. The topological polar surface area (TPSA) is 63.0 Å². The molecule has 0 aliphatic carbocycles. The summed E-state index contributed by atoms with van der Waals surface area (Å²) in [7, 11) is 1.91. The van der Waals surface area contributed by atoms with E-state index in [9.17, 15) is 5.11 Å². The Morgan fingerprint density at radius 1 is 1.35 bits per heavy atom. The summed E-state index contributed by atoms with van der Waals surface area (Å²) in [5.41, 5.74) is 2.41. The number of aromatic nitrogens is 3. The predicted molar refractivity (Wildman–Crippen MR) is 80.5 cm³/mol. The molecular formula is C15H24N4O. The summed E-state index contributed by atoms with van der Waals surface area (Å²) in [6, 6.07) is 2.12. The minimum atomic E-state index is -0.609. The minimum absolute atomic E-state index is 0.601. The van der Waals surface area contributed by atoms with Crippen LogP contribution in [0.1, 0.15) is 37.9 Å². The number of fused-ring (bicyclic) bond motifs is 1. The highest BCUT2D eigenvalue weighted by molar-refractivity contribution is 5.78. The van der Waals surface area contributed by atoms with E-state index in [1.807, 2.05) is 34.0 Å². The van der Waals surface area contributed by atoms with E-state index < -0.39 is 5.60 Å². The summed E-state index contributed by atoms with van der Waals surface area (Å²) < 4.78 is 1.80. The summed E-state index contributed by atoms with van der Waals surface area (Å²) >= 11 is 0. The van der Waals surface area contributed by atoms with Crippen molar-refractivity contribution in [2.45, 2.75) is 45.8 Å². The SMILES string of the molecule is CCC(O)(CC)CNCc1cnc2c(c1)c(C)nn2C. The van der Waals surface area contributed by atoms with E-state index in [0.29, 0.717) is 13.1 Å². The molecule has 0 radical (unpaired) electrons. The Morgan fingerprint density at radius 2 is 2.05 bits per heavy atom. The molecule has 2 rings (SSSR count). The van der Waals surface area contributed by atoms with Crippen molar-refractivity contribution in [3.8, 4) is 0 Å². The molecule has 110 valence electrons. The molecule has 0 aliphatic rings. The van der Waals surface area contributed by atoms with Gasteiger partial charge in [-0.2, -0.15) is 5.10 Å². The van der Waals surface area contributed by atoms with Crippen LogP contribution in [0.15, 0.2) is 12.3 Å². The number of aryl methyl sites for hydroxylation is 2. The normalized spacial score (nSPS) is 12.2. The molecule has 0 aliphatic heterocycles. The quantitative estimate of drug-likeness (QED) is 0.846. The van der Waals surface area contributed by atoms with Gasteiger partial charge in [0.1, 0.15) is 0 Å². The summed E-state index contributed by atoms with van der Waals surface area (Å²) in [5, 5.41) is 19.0. The Bertz CT molecular complexity index is 587. The van der Waals surface area contributed by atoms with Crippen molar-refractivity contribution in [1.82, 2.24) is 20.1 Å². The third-order valence-electron chi connectivity index (χ3n) is 4.02. The lowest BCUT2D eigenvalue weighted by molar-refractivity contribution is 0.0323. The first-order valence-corrected chi connectivity index (χ1v) is 7.20. The summed E-state index contributed by atoms with van der Waals surface area (Å²) in [5.74, 6) is 0. The van der Waals surface area contributed by atoms with Crippen molar-refractivity contribution in [2.24, 2.45) is 7.05 Å². The van der Waals surface area contributed by atoms with Crippen LogP contribution in [0.4, 0.5) is 0 Å². The van der Waals surface area contributed by atoms with Crippen molar-refractivity contribution in [2.75, 3.05) is 6.54 Å². The second-order valence-electron chi connectivity index (χ2n) is 5.46. The van der Waals surface area contributed by atoms with Gasteiger partial charge in [-0.3, -0.25) is 4.68 Å². The Hall–Kier alpha value is -1.46. The van der Waals surface area contributed by atoms with Gasteiger partial charge in [-0.25, -0.2) is 4.98 Å². The maximum Gasteiger partial charge on any atom is 0.157 e. The van der Waals surface area contributed by atoms with Crippen LogP contribution in [-0.4, -0.2) is 32.0 Å². The first kappa shape index (κ1) is 14.9. The lowest BCUT2D eigenvalue weighted by Crippen LogP contribution is -2.39. The van der Waals surface area contributed by atoms with Gasteiger partial charge in [0.05, 0.1) is 11.3 Å². The summed E-state index contributed by atoms with van der Waals surface area (Å²) in [6.07, 6.45) is 3.39. The van der Waals surface area contributed by atoms with Gasteiger partial charge in [0.25, 0.3) is 0 Å². The molecule has 0 atom stereocenters. The van der Waals surface area contributed by atoms with Gasteiger partial charge < -0.3 is 10.4 Å². The smallest absolute Gasteiger partial charge is 0.157 e. The van der Waals surface area contributed by atoms with Crippen LogP contribution in [-0.2, 0) is 13.6 Å². The van der Waals surface area contributed by atoms with Crippen LogP contribution >= 0.6 is 0 Å². The number of nitrogens with zero attached hydrogens (tertiary/aromatic N) is 3. The zero-order chi connectivity index (χ0) is 14.8. The van der Waals surface area contributed by atoms with Gasteiger partial charge in [0, 0.05) is 31.7 Å². The third-order valence-corrected chi connectivity index (χ3v) is 4.02. The molecular weight excluding hydrogens is 252 g/mol. The molecule has 0 spiro atoms. The fraction of sp³-hybridized carbons (Fsp3) is 0.600. The van der Waals surface area contributed by atoms with Crippen LogP contribution in [0.5, 0.6) is 0 Å². The van der Waals surface area contributed by atoms with Crippen molar-refractivity contribution in [1.29, 1.82) is 0 Å². The monoisotopic (exact) mass is 276 g/mol. The maximum absolute atomic E-state index is 10.2. The second-order valence-corrected chi connectivity index (χ2v) is 5.46. The third kappa shape index (κ3) is 2.99. The van der Waals surface area contributed by atoms with Crippen LogP contribution in [0, 0.1) is 6.92 Å². The molecule has 5 heteroatoms. The number of nitrogens with one attached hydrogen (secondary N) is 1. The molecule has 20 heavy (non-hydrogen) atoms. The van der Waals surface area contributed by atoms with E-state index >= 15 is 0 Å². The largest absolute Gasteiger partial charge is 0.389 e. The van der Waals surface area contributed by atoms with Gasteiger partial charge in [0.2, 0.25) is 0 Å². The number of aliphatic hydroxyl groups is 1. The number of pyridine rings is 1. The predicted octanol–water partition coefficient (Wildman–Crippen LogP) is 1.92. The molecule has 2 N–H and O–H groups in total. The van der Waals surface area contributed by atoms with Gasteiger partial charge >= 0.3 is 0 Å². The second kappa shape index (κ2) is 5.89. The standard InChI is InChI=1S/C15H24N4O/c1-5-15(20,6-2)10-16-8-12-7-13-11(3)18-19(4)14(13)17-9-12/h7,9,16,20H,5-6,8,10H2,1-4H3. The Labute approximate surface area is 120 Å². The lowest BCUT2D eigenvalue weighted by atomic mass is 9.97. The van der Waals surface area contributed by atoms with Crippen molar-refractivity contribution < 1.29 is 5.11 Å². The van der Waals surface area contributed by atoms with E-state index in [1.54, 1.807) is 4.68 Å². The van der Waals surface area contributed by atoms with Crippen molar-refractivity contribution in [3.63, 3.8) is 0 Å². The van der Waals surface area contributed by atoms with Crippen LogP contribution in [0.25, 0.3) is 11.0 Å². The highest BCUT2D eigenvalue weighted by Gasteiger charge is 2.21. The van der Waals surface area contributed by atoms with E-state index in [2.05, 4.69) is 21.5 Å². The number of hydrogen-bond acceptors (Lipinski definition) is 4. The highest BCUT2D eigenvalue weighted by Crippen LogP contribution is 2.17. The Kier molecular flexibility index (Phi) is 4.40. The van der Waals surface area contributed by atoms with E-state index in [1.165, 1.54) is 0 Å². The molecule has 0 amide bonds. The van der Waals surface area contributed by atoms with Gasteiger partial charge in [-0.1, -0.05) is 13.8 Å². The van der Waals surface area contributed by atoms with Crippen molar-refractivity contribution >= 4 is 11.0 Å². The van der Waals surface area contributed by atoms with Gasteiger partial charge in [-0.15, -0.1) is 0 Å². The van der Waals surface area contributed by atoms with E-state index in [0.717, 1.165) is 35.1 Å². The van der Waals surface area contributed by atoms with E-state index in [-0.39, 0.29) is 0 Å².